The van der Waals surface area contributed by atoms with Crippen LogP contribution in [-0.2, 0) is 27.4 Å². The van der Waals surface area contributed by atoms with Crippen LogP contribution in [0.5, 0.6) is 0 Å². The van der Waals surface area contributed by atoms with Crippen molar-refractivity contribution in [2.24, 2.45) is 5.73 Å². The summed E-state index contributed by atoms with van der Waals surface area (Å²) in [5.41, 5.74) is 6.65. The third-order valence-electron chi connectivity index (χ3n) is 3.75. The molecule has 1 atom stereocenters. The van der Waals surface area contributed by atoms with Crippen LogP contribution in [0.1, 0.15) is 11.1 Å². The van der Waals surface area contributed by atoms with Crippen molar-refractivity contribution in [3.8, 4) is 0 Å². The van der Waals surface area contributed by atoms with Gasteiger partial charge in [-0.2, -0.15) is 0 Å². The molecule has 2 aromatic rings. The Balaban J connectivity index is 1.83. The average molecular weight is 424 g/mol. The molecule has 0 unspecified atom stereocenters. The van der Waals surface area contributed by atoms with E-state index in [4.69, 9.17) is 33.7 Å². The molecule has 0 aliphatic rings. The molecule has 0 aliphatic carbocycles. The number of nitrogens with two attached hydrogens (primary N) is 1. The number of carbonyl (C=O) groups is 3. The summed E-state index contributed by atoms with van der Waals surface area (Å²) in [5, 5.41) is 5.47. The van der Waals surface area contributed by atoms with Crippen LogP contribution in [0.25, 0.3) is 0 Å². The molecule has 9 heteroatoms. The van der Waals surface area contributed by atoms with E-state index in [0.29, 0.717) is 15.6 Å². The highest BCUT2D eigenvalue weighted by Crippen LogP contribution is 2.25. The molecule has 7 nitrogen and oxygen atoms in total. The fraction of sp³-hybridized carbons (Fsp3) is 0.211. The lowest BCUT2D eigenvalue weighted by molar-refractivity contribution is -0.126. The van der Waals surface area contributed by atoms with Crippen LogP contribution in [0.2, 0.25) is 10.0 Å². The molecule has 0 saturated heterocycles. The van der Waals surface area contributed by atoms with Gasteiger partial charge in [0, 0.05) is 16.5 Å². The summed E-state index contributed by atoms with van der Waals surface area (Å²) < 4.78 is 5.00. The molecule has 0 spiro atoms. The van der Waals surface area contributed by atoms with Crippen molar-refractivity contribution in [2.45, 2.75) is 19.1 Å². The zero-order valence-electron chi connectivity index (χ0n) is 14.8. The van der Waals surface area contributed by atoms with Crippen LogP contribution < -0.4 is 16.4 Å². The van der Waals surface area contributed by atoms with Gasteiger partial charge in [-0.05, 0) is 23.3 Å². The monoisotopic (exact) mass is 423 g/mol. The van der Waals surface area contributed by atoms with Crippen LogP contribution in [0, 0.1) is 0 Å². The minimum atomic E-state index is -1.04. The molecule has 3 amide bonds. The molecular weight excluding hydrogens is 405 g/mol. The number of benzene rings is 2. The van der Waals surface area contributed by atoms with E-state index in [1.807, 2.05) is 18.2 Å². The van der Waals surface area contributed by atoms with Crippen molar-refractivity contribution >= 4 is 41.1 Å². The minimum Gasteiger partial charge on any atom is -0.445 e. The Labute approximate surface area is 172 Å². The summed E-state index contributed by atoms with van der Waals surface area (Å²) in [7, 11) is 0. The van der Waals surface area contributed by atoms with Crippen LogP contribution in [-0.4, -0.2) is 30.5 Å². The molecule has 0 radical (unpaired) electrons. The van der Waals surface area contributed by atoms with Gasteiger partial charge in [-0.15, -0.1) is 0 Å². The molecule has 0 saturated carbocycles. The largest absolute Gasteiger partial charge is 0.445 e. The van der Waals surface area contributed by atoms with Gasteiger partial charge in [0.05, 0.1) is 0 Å². The Bertz CT molecular complexity index is 826. The molecule has 148 valence electrons. The summed E-state index contributed by atoms with van der Waals surface area (Å²) in [4.78, 5) is 35.4. The van der Waals surface area contributed by atoms with Gasteiger partial charge in [0.25, 0.3) is 0 Å². The second-order valence-electron chi connectivity index (χ2n) is 5.84. The predicted octanol–water partition coefficient (Wildman–Crippen LogP) is 2.43. The molecule has 0 aromatic heterocycles. The van der Waals surface area contributed by atoms with Crippen LogP contribution >= 0.6 is 23.2 Å². The summed E-state index contributed by atoms with van der Waals surface area (Å²) in [6.07, 6.45) is -0.735. The zero-order valence-corrected chi connectivity index (χ0v) is 16.3. The quantitative estimate of drug-likeness (QED) is 0.605. The van der Waals surface area contributed by atoms with Crippen molar-refractivity contribution in [3.05, 3.63) is 69.7 Å². The predicted molar refractivity (Wildman–Crippen MR) is 106 cm³/mol. The standard InChI is InChI=1S/C19H19Cl2N3O4/c20-14-7-4-8-15(21)13(14)9-16(18(22)26)24-17(25)10-23-19(27)28-11-12-5-2-1-3-6-12/h1-8,16H,9-11H2,(H2,22,26)(H,23,27)(H,24,25)/t16-/m0/s1. The first kappa shape index (κ1) is 21.5. The minimum absolute atomic E-state index is 0.0258. The third kappa shape index (κ3) is 6.75. The molecule has 0 heterocycles. The van der Waals surface area contributed by atoms with Gasteiger partial charge in [0.1, 0.15) is 19.2 Å². The lowest BCUT2D eigenvalue weighted by atomic mass is 10.1. The van der Waals surface area contributed by atoms with Crippen molar-refractivity contribution in [3.63, 3.8) is 0 Å². The molecule has 2 rings (SSSR count). The van der Waals surface area contributed by atoms with Gasteiger partial charge in [-0.3, -0.25) is 9.59 Å². The number of nitrogens with one attached hydrogen (secondary N) is 2. The molecule has 28 heavy (non-hydrogen) atoms. The highest BCUT2D eigenvalue weighted by molar-refractivity contribution is 6.36. The van der Waals surface area contributed by atoms with Crippen molar-refractivity contribution in [1.82, 2.24) is 10.6 Å². The Morgan fingerprint density at radius 1 is 1.00 bits per heavy atom. The maximum atomic E-state index is 12.0. The van der Waals surface area contributed by atoms with E-state index >= 15 is 0 Å². The Kier molecular flexibility index (Phi) is 8.10. The number of carbonyl (C=O) groups excluding carboxylic acids is 3. The number of amides is 3. The number of rotatable bonds is 8. The Morgan fingerprint density at radius 3 is 2.25 bits per heavy atom. The topological polar surface area (TPSA) is 111 Å². The Hall–Kier alpha value is -2.77. The number of alkyl carbamates (subject to hydrolysis) is 1. The van der Waals surface area contributed by atoms with Gasteiger partial charge in [0.2, 0.25) is 11.8 Å². The lowest BCUT2D eigenvalue weighted by Crippen LogP contribution is -2.49. The molecule has 0 fully saturated rings. The summed E-state index contributed by atoms with van der Waals surface area (Å²) in [6, 6.07) is 13.0. The number of primary amides is 1. The van der Waals surface area contributed by atoms with Crippen molar-refractivity contribution in [2.75, 3.05) is 6.54 Å². The smallest absolute Gasteiger partial charge is 0.407 e. The second kappa shape index (κ2) is 10.5. The SMILES string of the molecule is NC(=O)[C@H](Cc1c(Cl)cccc1Cl)NC(=O)CNC(=O)OCc1ccccc1. The number of hydrogen-bond donors (Lipinski definition) is 3. The maximum absolute atomic E-state index is 12.0. The van der Waals surface area contributed by atoms with Crippen molar-refractivity contribution < 1.29 is 19.1 Å². The first-order valence-corrected chi connectivity index (χ1v) is 9.08. The lowest BCUT2D eigenvalue weighted by Gasteiger charge is -2.17. The van der Waals surface area contributed by atoms with E-state index in [2.05, 4.69) is 10.6 Å². The van der Waals surface area contributed by atoms with Gasteiger partial charge in [-0.25, -0.2) is 4.79 Å². The summed E-state index contributed by atoms with van der Waals surface area (Å²) in [5.74, 6) is -1.36. The second-order valence-corrected chi connectivity index (χ2v) is 6.66. The molecule has 4 N–H and O–H groups in total. The maximum Gasteiger partial charge on any atom is 0.407 e. The normalized spacial score (nSPS) is 11.4. The number of halogens is 2. The van der Waals surface area contributed by atoms with E-state index in [9.17, 15) is 14.4 Å². The Morgan fingerprint density at radius 2 is 1.64 bits per heavy atom. The molecular formula is C19H19Cl2N3O4. The van der Waals surface area contributed by atoms with Gasteiger partial charge in [-0.1, -0.05) is 59.6 Å². The number of ether oxygens (including phenoxy) is 1. The summed E-state index contributed by atoms with van der Waals surface area (Å²) in [6.45, 7) is -0.309. The highest BCUT2D eigenvalue weighted by Gasteiger charge is 2.21. The van der Waals surface area contributed by atoms with Gasteiger partial charge in [0.15, 0.2) is 0 Å². The fourth-order valence-electron chi connectivity index (χ4n) is 2.33. The van der Waals surface area contributed by atoms with E-state index in [0.717, 1.165) is 5.56 Å². The van der Waals surface area contributed by atoms with Gasteiger partial charge >= 0.3 is 6.09 Å². The van der Waals surface area contributed by atoms with Crippen LogP contribution in [0.15, 0.2) is 48.5 Å². The first-order valence-electron chi connectivity index (χ1n) is 8.33. The highest BCUT2D eigenvalue weighted by atomic mass is 35.5. The number of hydrogen-bond acceptors (Lipinski definition) is 4. The van der Waals surface area contributed by atoms with Crippen molar-refractivity contribution in [1.29, 1.82) is 0 Å². The van der Waals surface area contributed by atoms with Crippen LogP contribution in [0.4, 0.5) is 4.79 Å². The average Bonchev–Trinajstić information content (AvgIpc) is 2.67. The molecule has 2 aromatic carbocycles. The summed E-state index contributed by atoms with van der Waals surface area (Å²) >= 11 is 12.2. The van der Waals surface area contributed by atoms with E-state index in [1.54, 1.807) is 30.3 Å². The van der Waals surface area contributed by atoms with E-state index in [-0.39, 0.29) is 19.6 Å². The molecule has 0 bridgehead atoms. The van der Waals surface area contributed by atoms with E-state index in [1.165, 1.54) is 0 Å². The first-order chi connectivity index (χ1) is 13.4. The van der Waals surface area contributed by atoms with E-state index < -0.39 is 23.9 Å². The van der Waals surface area contributed by atoms with Crippen LogP contribution in [0.3, 0.4) is 0 Å². The third-order valence-corrected chi connectivity index (χ3v) is 4.46. The van der Waals surface area contributed by atoms with Gasteiger partial charge < -0.3 is 21.1 Å². The molecule has 0 aliphatic heterocycles. The zero-order chi connectivity index (χ0) is 20.5. The fourth-order valence-corrected chi connectivity index (χ4v) is 2.88.